The predicted molar refractivity (Wildman–Crippen MR) is 65.0 cm³/mol. The van der Waals surface area contributed by atoms with Gasteiger partial charge in [0, 0.05) is 14.2 Å². The molecule has 0 aliphatic heterocycles. The van der Waals surface area contributed by atoms with Gasteiger partial charge in [-0.25, -0.2) is 0 Å². The molecule has 0 bridgehead atoms. The Balaban J connectivity index is 2.78. The lowest BCUT2D eigenvalue weighted by Gasteiger charge is -2.23. The summed E-state index contributed by atoms with van der Waals surface area (Å²) in [6.07, 6.45) is -0.548. The summed E-state index contributed by atoms with van der Waals surface area (Å²) in [7, 11) is 3.02. The molecule has 2 atom stereocenters. The van der Waals surface area contributed by atoms with Crippen LogP contribution in [0.3, 0.4) is 0 Å². The van der Waals surface area contributed by atoms with Crippen LogP contribution in [0.2, 0.25) is 0 Å². The van der Waals surface area contributed by atoms with Gasteiger partial charge in [-0.15, -0.1) is 0 Å². The van der Waals surface area contributed by atoms with E-state index < -0.39 is 12.2 Å². The zero-order chi connectivity index (χ0) is 13.2. The van der Waals surface area contributed by atoms with Gasteiger partial charge in [-0.3, -0.25) is 0 Å². The van der Waals surface area contributed by atoms with E-state index >= 15 is 0 Å². The molecule has 0 aromatic heterocycles. The number of benzene rings is 1. The molecule has 0 unspecified atom stereocenters. The van der Waals surface area contributed by atoms with Gasteiger partial charge in [-0.1, -0.05) is 30.3 Å². The monoisotopic (exact) mass is 254 g/mol. The van der Waals surface area contributed by atoms with Crippen molar-refractivity contribution in [2.24, 2.45) is 0 Å². The number of hydrogen-bond donors (Lipinski definition) is 0. The fraction of sp³-hybridized carbons (Fsp3) is 0.462. The van der Waals surface area contributed by atoms with Crippen LogP contribution in [0.1, 0.15) is 11.7 Å². The summed E-state index contributed by atoms with van der Waals surface area (Å²) >= 11 is 0. The zero-order valence-electron chi connectivity index (χ0n) is 10.6. The fourth-order valence-corrected chi connectivity index (χ4v) is 1.51. The van der Waals surface area contributed by atoms with Crippen molar-refractivity contribution in [3.05, 3.63) is 35.9 Å². The Bertz CT molecular complexity index is 327. The Morgan fingerprint density at radius 2 is 1.67 bits per heavy atom. The molecule has 0 saturated carbocycles. The van der Waals surface area contributed by atoms with Gasteiger partial charge in [0.05, 0.1) is 0 Å². The second-order valence-corrected chi connectivity index (χ2v) is 3.58. The van der Waals surface area contributed by atoms with E-state index in [1.807, 2.05) is 30.3 Å². The summed E-state index contributed by atoms with van der Waals surface area (Å²) in [5.74, 6) is 0. The van der Waals surface area contributed by atoms with Crippen molar-refractivity contribution in [2.75, 3.05) is 27.8 Å². The first kappa shape index (κ1) is 14.8. The Hall–Kier alpha value is -1.27. The lowest BCUT2D eigenvalue weighted by molar-refractivity contribution is -0.164. The molecule has 1 aromatic carbocycles. The normalized spacial score (nSPS) is 14.1. The maximum atomic E-state index is 11.1. The Morgan fingerprint density at radius 1 is 1.06 bits per heavy atom. The number of carbonyl (C=O) groups is 1. The van der Waals surface area contributed by atoms with Gasteiger partial charge in [-0.2, -0.15) is 0 Å². The molecule has 18 heavy (non-hydrogen) atoms. The van der Waals surface area contributed by atoms with Crippen LogP contribution in [0.15, 0.2) is 30.3 Å². The smallest absolute Gasteiger partial charge is 0.151 e. The highest BCUT2D eigenvalue weighted by Crippen LogP contribution is 2.22. The zero-order valence-corrected chi connectivity index (χ0v) is 10.6. The first-order valence-electron chi connectivity index (χ1n) is 5.54. The number of ether oxygens (including phenoxy) is 4. The molecule has 0 spiro atoms. The summed E-state index contributed by atoms with van der Waals surface area (Å²) in [5, 5.41) is 0. The van der Waals surface area contributed by atoms with Gasteiger partial charge in [0.2, 0.25) is 0 Å². The summed E-state index contributed by atoms with van der Waals surface area (Å²) < 4.78 is 20.4. The highest BCUT2D eigenvalue weighted by molar-refractivity contribution is 5.58. The SMILES string of the molecule is COCO[C@@H](C=O)[C@H](OCOC)c1ccccc1. The van der Waals surface area contributed by atoms with Gasteiger partial charge < -0.3 is 23.7 Å². The molecule has 0 aliphatic carbocycles. The topological polar surface area (TPSA) is 54.0 Å². The summed E-state index contributed by atoms with van der Waals surface area (Å²) in [5.41, 5.74) is 0.850. The summed E-state index contributed by atoms with van der Waals surface area (Å²) in [6.45, 7) is 0.114. The van der Waals surface area contributed by atoms with Gasteiger partial charge >= 0.3 is 0 Å². The standard InChI is InChI=1S/C13H18O5/c1-15-9-17-12(8-14)13(18-10-16-2)11-6-4-3-5-7-11/h3-8,12-13H,9-10H2,1-2H3/t12-,13+/m0/s1. The number of methoxy groups -OCH3 is 2. The van der Waals surface area contributed by atoms with Gasteiger partial charge in [0.15, 0.2) is 6.29 Å². The molecule has 1 aromatic rings. The molecule has 0 saturated heterocycles. The number of rotatable bonds is 9. The second-order valence-electron chi connectivity index (χ2n) is 3.58. The molecule has 0 amide bonds. The largest absolute Gasteiger partial charge is 0.359 e. The predicted octanol–water partition coefficient (Wildman–Crippen LogP) is 1.54. The van der Waals surface area contributed by atoms with Crippen LogP contribution in [0, 0.1) is 0 Å². The maximum absolute atomic E-state index is 11.1. The van der Waals surface area contributed by atoms with Crippen LogP contribution in [-0.4, -0.2) is 40.2 Å². The van der Waals surface area contributed by atoms with Crippen molar-refractivity contribution in [1.29, 1.82) is 0 Å². The quantitative estimate of drug-likeness (QED) is 0.494. The van der Waals surface area contributed by atoms with E-state index in [0.29, 0.717) is 6.29 Å². The average molecular weight is 254 g/mol. The molecule has 0 heterocycles. The van der Waals surface area contributed by atoms with E-state index in [9.17, 15) is 4.79 Å². The molecule has 0 fully saturated rings. The van der Waals surface area contributed by atoms with Gasteiger partial charge in [-0.05, 0) is 5.56 Å². The van der Waals surface area contributed by atoms with Crippen LogP contribution in [-0.2, 0) is 23.7 Å². The summed E-state index contributed by atoms with van der Waals surface area (Å²) in [6, 6.07) is 9.37. The molecule has 5 nitrogen and oxygen atoms in total. The average Bonchev–Trinajstić information content (AvgIpc) is 2.43. The molecular formula is C13H18O5. The maximum Gasteiger partial charge on any atom is 0.151 e. The van der Waals surface area contributed by atoms with Crippen molar-refractivity contribution >= 4 is 6.29 Å². The fourth-order valence-electron chi connectivity index (χ4n) is 1.51. The minimum atomic E-state index is -0.734. The van der Waals surface area contributed by atoms with Crippen molar-refractivity contribution in [1.82, 2.24) is 0 Å². The van der Waals surface area contributed by atoms with E-state index in [4.69, 9.17) is 18.9 Å². The van der Waals surface area contributed by atoms with E-state index in [1.165, 1.54) is 14.2 Å². The molecule has 0 aliphatic rings. The third-order valence-corrected chi connectivity index (χ3v) is 2.30. The van der Waals surface area contributed by atoms with Crippen molar-refractivity contribution in [3.8, 4) is 0 Å². The molecule has 100 valence electrons. The van der Waals surface area contributed by atoms with Crippen LogP contribution in [0.25, 0.3) is 0 Å². The van der Waals surface area contributed by atoms with E-state index in [1.54, 1.807) is 0 Å². The van der Waals surface area contributed by atoms with Crippen LogP contribution in [0.5, 0.6) is 0 Å². The first-order chi connectivity index (χ1) is 8.83. The van der Waals surface area contributed by atoms with Crippen LogP contribution >= 0.6 is 0 Å². The van der Waals surface area contributed by atoms with Crippen molar-refractivity contribution < 1.29 is 23.7 Å². The van der Waals surface area contributed by atoms with E-state index in [0.717, 1.165) is 5.56 Å². The molecular weight excluding hydrogens is 236 g/mol. The minimum absolute atomic E-state index is 0.0308. The van der Waals surface area contributed by atoms with Crippen LogP contribution in [0.4, 0.5) is 0 Å². The Labute approximate surface area is 107 Å². The lowest BCUT2D eigenvalue weighted by Crippen LogP contribution is -2.27. The molecule has 0 radical (unpaired) electrons. The summed E-state index contributed by atoms with van der Waals surface area (Å²) in [4.78, 5) is 11.1. The molecule has 1 rings (SSSR count). The number of aldehydes is 1. The minimum Gasteiger partial charge on any atom is -0.359 e. The Kier molecular flexibility index (Phi) is 7.20. The third kappa shape index (κ3) is 4.54. The van der Waals surface area contributed by atoms with Gasteiger partial charge in [0.25, 0.3) is 0 Å². The van der Waals surface area contributed by atoms with Crippen molar-refractivity contribution in [3.63, 3.8) is 0 Å². The lowest BCUT2D eigenvalue weighted by atomic mass is 10.1. The highest BCUT2D eigenvalue weighted by atomic mass is 16.7. The third-order valence-electron chi connectivity index (χ3n) is 2.30. The second kappa shape index (κ2) is 8.77. The Morgan fingerprint density at radius 3 is 2.22 bits per heavy atom. The van der Waals surface area contributed by atoms with E-state index in [2.05, 4.69) is 0 Å². The number of hydrogen-bond acceptors (Lipinski definition) is 5. The van der Waals surface area contributed by atoms with Crippen molar-refractivity contribution in [2.45, 2.75) is 12.2 Å². The van der Waals surface area contributed by atoms with Gasteiger partial charge in [0.1, 0.15) is 25.8 Å². The highest BCUT2D eigenvalue weighted by Gasteiger charge is 2.24. The molecule has 5 heteroatoms. The van der Waals surface area contributed by atoms with E-state index in [-0.39, 0.29) is 13.6 Å². The number of carbonyl (C=O) groups excluding carboxylic acids is 1. The molecule has 0 N–H and O–H groups in total. The first-order valence-corrected chi connectivity index (χ1v) is 5.54. The van der Waals surface area contributed by atoms with Crippen LogP contribution < -0.4 is 0 Å².